The van der Waals surface area contributed by atoms with Gasteiger partial charge in [-0.1, -0.05) is 36.7 Å². The van der Waals surface area contributed by atoms with Gasteiger partial charge in [0, 0.05) is 29.4 Å². The molecule has 1 aromatic heterocycles. The molecular weight excluding hydrogens is 393 g/mol. The molecule has 0 bridgehead atoms. The summed E-state index contributed by atoms with van der Waals surface area (Å²) in [5.41, 5.74) is 2.17. The highest BCUT2D eigenvalue weighted by Gasteiger charge is 2.32. The van der Waals surface area contributed by atoms with Gasteiger partial charge in [0.1, 0.15) is 5.82 Å². The number of fused-ring (bicyclic) bond motifs is 3. The molecule has 0 spiro atoms. The molecular formula is C22H21ClFN3O2. The van der Waals surface area contributed by atoms with E-state index in [1.54, 1.807) is 18.0 Å². The number of rotatable bonds is 2. The van der Waals surface area contributed by atoms with Crippen molar-refractivity contribution in [3.05, 3.63) is 74.9 Å². The molecule has 2 unspecified atom stereocenters. The number of carbonyl (C=O) groups is 1. The summed E-state index contributed by atoms with van der Waals surface area (Å²) >= 11 is 5.82. The molecule has 0 fully saturated rings. The topological polar surface area (TPSA) is 65.2 Å². The normalized spacial score (nSPS) is 18.3. The summed E-state index contributed by atoms with van der Waals surface area (Å²) in [6, 6.07) is 11.0. The maximum Gasteiger partial charge on any atom is 0.322 e. The fraction of sp³-hybridized carbons (Fsp3) is 0.273. The van der Waals surface area contributed by atoms with Crippen LogP contribution in [0.4, 0.5) is 14.9 Å². The van der Waals surface area contributed by atoms with Gasteiger partial charge in [-0.2, -0.15) is 0 Å². The number of aromatic nitrogens is 1. The molecule has 0 saturated carbocycles. The Balaban J connectivity index is 1.71. The summed E-state index contributed by atoms with van der Waals surface area (Å²) in [7, 11) is 1.73. The van der Waals surface area contributed by atoms with Crippen LogP contribution >= 0.6 is 11.6 Å². The van der Waals surface area contributed by atoms with Gasteiger partial charge in [-0.3, -0.25) is 4.79 Å². The lowest BCUT2D eigenvalue weighted by atomic mass is 9.81. The SMILES string of the molecule is CC1Cc2[nH]c(=O)c3ccccc3c2C(N(C)C(=O)Nc2ccc(F)c(Cl)c2)C1. The van der Waals surface area contributed by atoms with Gasteiger partial charge in [0.25, 0.3) is 5.56 Å². The summed E-state index contributed by atoms with van der Waals surface area (Å²) < 4.78 is 13.4. The zero-order chi connectivity index (χ0) is 20.7. The molecule has 29 heavy (non-hydrogen) atoms. The second-order valence-electron chi connectivity index (χ2n) is 7.62. The average molecular weight is 414 g/mol. The van der Waals surface area contributed by atoms with Crippen LogP contribution in [-0.4, -0.2) is 23.0 Å². The largest absolute Gasteiger partial charge is 0.325 e. The van der Waals surface area contributed by atoms with E-state index in [2.05, 4.69) is 17.2 Å². The highest BCUT2D eigenvalue weighted by molar-refractivity contribution is 6.31. The third-order valence-corrected chi connectivity index (χ3v) is 5.81. The van der Waals surface area contributed by atoms with E-state index in [9.17, 15) is 14.0 Å². The maximum absolute atomic E-state index is 13.4. The quantitative estimate of drug-likeness (QED) is 0.613. The Labute approximate surface area is 172 Å². The van der Waals surface area contributed by atoms with Crippen molar-refractivity contribution in [1.82, 2.24) is 9.88 Å². The third-order valence-electron chi connectivity index (χ3n) is 5.52. The van der Waals surface area contributed by atoms with Gasteiger partial charge in [0.05, 0.1) is 11.1 Å². The lowest BCUT2D eigenvalue weighted by Crippen LogP contribution is -2.38. The van der Waals surface area contributed by atoms with E-state index in [1.807, 2.05) is 18.2 Å². The fourth-order valence-electron chi connectivity index (χ4n) is 4.10. The fourth-order valence-corrected chi connectivity index (χ4v) is 4.28. The summed E-state index contributed by atoms with van der Waals surface area (Å²) in [4.78, 5) is 30.1. The predicted octanol–water partition coefficient (Wildman–Crippen LogP) is 5.11. The van der Waals surface area contributed by atoms with E-state index < -0.39 is 5.82 Å². The van der Waals surface area contributed by atoms with Crippen LogP contribution in [0.15, 0.2) is 47.3 Å². The molecule has 2 atom stereocenters. The Kier molecular flexibility index (Phi) is 5.04. The Bertz CT molecular complexity index is 1160. The van der Waals surface area contributed by atoms with E-state index in [-0.39, 0.29) is 22.7 Å². The Morgan fingerprint density at radius 3 is 2.69 bits per heavy atom. The van der Waals surface area contributed by atoms with E-state index in [1.165, 1.54) is 18.2 Å². The number of pyridine rings is 1. The minimum atomic E-state index is -0.538. The van der Waals surface area contributed by atoms with Crippen molar-refractivity contribution in [2.24, 2.45) is 5.92 Å². The van der Waals surface area contributed by atoms with Gasteiger partial charge in [-0.05, 0) is 48.4 Å². The Morgan fingerprint density at radius 1 is 1.24 bits per heavy atom. The first kappa shape index (κ1) is 19.5. The first-order valence-corrected chi connectivity index (χ1v) is 9.85. The number of halogens is 2. The molecule has 0 aliphatic heterocycles. The van der Waals surface area contributed by atoms with Crippen LogP contribution < -0.4 is 10.9 Å². The van der Waals surface area contributed by atoms with E-state index in [0.717, 1.165) is 29.5 Å². The number of amides is 2. The smallest absolute Gasteiger partial charge is 0.322 e. The molecule has 2 aromatic carbocycles. The van der Waals surface area contributed by atoms with Crippen LogP contribution in [0.1, 0.15) is 30.6 Å². The maximum atomic E-state index is 13.4. The number of nitrogens with one attached hydrogen (secondary N) is 2. The van der Waals surface area contributed by atoms with Crippen LogP contribution in [0, 0.1) is 11.7 Å². The molecule has 5 nitrogen and oxygen atoms in total. The number of urea groups is 1. The van der Waals surface area contributed by atoms with Crippen molar-refractivity contribution in [2.75, 3.05) is 12.4 Å². The highest BCUT2D eigenvalue weighted by atomic mass is 35.5. The zero-order valence-corrected chi connectivity index (χ0v) is 16.9. The summed E-state index contributed by atoms with van der Waals surface area (Å²) in [6.45, 7) is 2.11. The summed E-state index contributed by atoms with van der Waals surface area (Å²) in [5, 5.41) is 4.21. The molecule has 4 rings (SSSR count). The molecule has 2 amide bonds. The minimum Gasteiger partial charge on any atom is -0.325 e. The number of aromatic amines is 1. The van der Waals surface area contributed by atoms with Crippen molar-refractivity contribution in [3.63, 3.8) is 0 Å². The van der Waals surface area contributed by atoms with Crippen LogP contribution in [0.5, 0.6) is 0 Å². The van der Waals surface area contributed by atoms with Crippen LogP contribution in [0.2, 0.25) is 5.02 Å². The second-order valence-corrected chi connectivity index (χ2v) is 8.03. The van der Waals surface area contributed by atoms with E-state index >= 15 is 0 Å². The van der Waals surface area contributed by atoms with Gasteiger partial charge in [0.2, 0.25) is 0 Å². The summed E-state index contributed by atoms with van der Waals surface area (Å²) in [6.07, 6.45) is 1.53. The zero-order valence-electron chi connectivity index (χ0n) is 16.1. The lowest BCUT2D eigenvalue weighted by molar-refractivity contribution is 0.189. The highest BCUT2D eigenvalue weighted by Crippen LogP contribution is 2.39. The van der Waals surface area contributed by atoms with Crippen LogP contribution in [0.3, 0.4) is 0 Å². The first-order chi connectivity index (χ1) is 13.8. The second kappa shape index (κ2) is 7.52. The van der Waals surface area contributed by atoms with Crippen molar-refractivity contribution in [2.45, 2.75) is 25.8 Å². The molecule has 3 aromatic rings. The number of nitrogens with zero attached hydrogens (tertiary/aromatic N) is 1. The van der Waals surface area contributed by atoms with E-state index in [4.69, 9.17) is 11.6 Å². The van der Waals surface area contributed by atoms with Gasteiger partial charge in [0.15, 0.2) is 0 Å². The monoisotopic (exact) mass is 413 g/mol. The van der Waals surface area contributed by atoms with Crippen molar-refractivity contribution >= 4 is 34.1 Å². The summed E-state index contributed by atoms with van der Waals surface area (Å²) in [5.74, 6) is -0.233. The standard InChI is InChI=1S/C22H21ClFN3O2/c1-12-9-18-20(14-5-3-4-6-15(14)21(28)26-18)19(10-12)27(2)22(29)25-13-7-8-17(24)16(23)11-13/h3-8,11-12,19H,9-10H2,1-2H3,(H,25,29)(H,26,28). The predicted molar refractivity (Wildman–Crippen MR) is 113 cm³/mol. The van der Waals surface area contributed by atoms with Crippen molar-refractivity contribution in [1.29, 1.82) is 0 Å². The Morgan fingerprint density at radius 2 is 1.97 bits per heavy atom. The number of anilines is 1. The molecule has 1 aliphatic carbocycles. The van der Waals surface area contributed by atoms with Crippen molar-refractivity contribution < 1.29 is 9.18 Å². The lowest BCUT2D eigenvalue weighted by Gasteiger charge is -2.36. The number of hydrogen-bond acceptors (Lipinski definition) is 2. The molecule has 2 N–H and O–H groups in total. The van der Waals surface area contributed by atoms with Crippen LogP contribution in [0.25, 0.3) is 10.8 Å². The van der Waals surface area contributed by atoms with Gasteiger partial charge in [-0.25, -0.2) is 9.18 Å². The molecule has 0 saturated heterocycles. The van der Waals surface area contributed by atoms with Gasteiger partial charge in [-0.15, -0.1) is 0 Å². The minimum absolute atomic E-state index is 0.0503. The number of benzene rings is 2. The molecule has 0 radical (unpaired) electrons. The molecule has 7 heteroatoms. The number of H-pyrrole nitrogens is 1. The van der Waals surface area contributed by atoms with Crippen LogP contribution in [-0.2, 0) is 6.42 Å². The number of carbonyl (C=O) groups excluding carboxylic acids is 1. The first-order valence-electron chi connectivity index (χ1n) is 9.47. The van der Waals surface area contributed by atoms with E-state index in [0.29, 0.717) is 17.0 Å². The average Bonchev–Trinajstić information content (AvgIpc) is 2.69. The van der Waals surface area contributed by atoms with Gasteiger partial charge < -0.3 is 15.2 Å². The van der Waals surface area contributed by atoms with Gasteiger partial charge >= 0.3 is 6.03 Å². The third kappa shape index (κ3) is 3.60. The molecule has 150 valence electrons. The molecule has 1 aliphatic rings. The van der Waals surface area contributed by atoms with Crippen molar-refractivity contribution in [3.8, 4) is 0 Å². The number of hydrogen-bond donors (Lipinski definition) is 2. The molecule has 1 heterocycles. The Hall–Kier alpha value is -2.86.